The first-order valence-electron chi connectivity index (χ1n) is 9.17. The minimum Gasteiger partial charge on any atom is -0.489 e. The second-order valence-electron chi connectivity index (χ2n) is 6.66. The normalized spacial score (nSPS) is 10.6. The number of benzene rings is 4. The number of ether oxygens (including phenoxy) is 2. The maximum Gasteiger partial charge on any atom is 0.343 e. The van der Waals surface area contributed by atoms with Crippen molar-refractivity contribution < 1.29 is 14.3 Å². The van der Waals surface area contributed by atoms with Gasteiger partial charge in [0.05, 0.1) is 5.56 Å². The maximum absolute atomic E-state index is 12.3. The van der Waals surface area contributed by atoms with E-state index in [4.69, 9.17) is 9.47 Å². The molecule has 0 aliphatic rings. The topological polar surface area (TPSA) is 35.5 Å². The SMILES string of the molecule is Cc1cc2cc(OCc3ccccc3)ccc2cc1OC(=O)c1ccccc1. The van der Waals surface area contributed by atoms with Crippen molar-refractivity contribution in [3.63, 3.8) is 0 Å². The number of rotatable bonds is 5. The highest BCUT2D eigenvalue weighted by Crippen LogP contribution is 2.29. The third-order valence-corrected chi connectivity index (χ3v) is 4.57. The van der Waals surface area contributed by atoms with Crippen LogP contribution in [0.15, 0.2) is 91.0 Å². The van der Waals surface area contributed by atoms with Crippen LogP contribution in [-0.2, 0) is 6.61 Å². The van der Waals surface area contributed by atoms with Crippen molar-refractivity contribution in [2.24, 2.45) is 0 Å². The van der Waals surface area contributed by atoms with Gasteiger partial charge in [-0.2, -0.15) is 0 Å². The van der Waals surface area contributed by atoms with E-state index in [2.05, 4.69) is 0 Å². The zero-order valence-corrected chi connectivity index (χ0v) is 15.6. The van der Waals surface area contributed by atoms with Crippen LogP contribution in [0.4, 0.5) is 0 Å². The van der Waals surface area contributed by atoms with E-state index >= 15 is 0 Å². The molecule has 0 saturated heterocycles. The van der Waals surface area contributed by atoms with Gasteiger partial charge >= 0.3 is 5.97 Å². The first-order valence-corrected chi connectivity index (χ1v) is 9.17. The summed E-state index contributed by atoms with van der Waals surface area (Å²) in [6, 6.07) is 28.9. The largest absolute Gasteiger partial charge is 0.489 e. The molecule has 0 spiro atoms. The van der Waals surface area contributed by atoms with Gasteiger partial charge in [-0.3, -0.25) is 0 Å². The molecular formula is C25H20O3. The molecular weight excluding hydrogens is 348 g/mol. The Bertz CT molecular complexity index is 1100. The van der Waals surface area contributed by atoms with Gasteiger partial charge in [-0.15, -0.1) is 0 Å². The van der Waals surface area contributed by atoms with Crippen LogP contribution in [0.25, 0.3) is 10.8 Å². The quantitative estimate of drug-likeness (QED) is 0.323. The molecule has 0 N–H and O–H groups in total. The highest BCUT2D eigenvalue weighted by molar-refractivity contribution is 5.92. The van der Waals surface area contributed by atoms with Crippen molar-refractivity contribution in [1.29, 1.82) is 0 Å². The van der Waals surface area contributed by atoms with E-state index in [0.717, 1.165) is 27.6 Å². The summed E-state index contributed by atoms with van der Waals surface area (Å²) in [5.41, 5.74) is 2.56. The molecule has 0 atom stereocenters. The van der Waals surface area contributed by atoms with E-state index in [1.807, 2.05) is 85.8 Å². The Morgan fingerprint density at radius 1 is 0.786 bits per heavy atom. The van der Waals surface area contributed by atoms with E-state index in [1.165, 1.54) is 0 Å². The van der Waals surface area contributed by atoms with E-state index in [1.54, 1.807) is 12.1 Å². The number of hydrogen-bond donors (Lipinski definition) is 0. The van der Waals surface area contributed by atoms with Crippen LogP contribution < -0.4 is 9.47 Å². The molecule has 3 nitrogen and oxygen atoms in total. The Morgan fingerprint density at radius 2 is 1.50 bits per heavy atom. The molecule has 138 valence electrons. The number of fused-ring (bicyclic) bond motifs is 1. The summed E-state index contributed by atoms with van der Waals surface area (Å²) in [5, 5.41) is 2.04. The molecule has 0 radical (unpaired) electrons. The lowest BCUT2D eigenvalue weighted by Crippen LogP contribution is -2.09. The number of aryl methyl sites for hydroxylation is 1. The Balaban J connectivity index is 1.53. The molecule has 3 heteroatoms. The minimum absolute atomic E-state index is 0.356. The van der Waals surface area contributed by atoms with Crippen molar-refractivity contribution in [3.8, 4) is 11.5 Å². The fourth-order valence-corrected chi connectivity index (χ4v) is 3.04. The van der Waals surface area contributed by atoms with Crippen molar-refractivity contribution in [1.82, 2.24) is 0 Å². The molecule has 0 aliphatic heterocycles. The Labute approximate surface area is 164 Å². The smallest absolute Gasteiger partial charge is 0.343 e. The van der Waals surface area contributed by atoms with E-state index < -0.39 is 0 Å². The average molecular weight is 368 g/mol. The van der Waals surface area contributed by atoms with Gasteiger partial charge in [0.2, 0.25) is 0 Å². The van der Waals surface area contributed by atoms with Gasteiger partial charge in [0.25, 0.3) is 0 Å². The molecule has 0 fully saturated rings. The van der Waals surface area contributed by atoms with Gasteiger partial charge in [0.1, 0.15) is 18.1 Å². The second-order valence-corrected chi connectivity index (χ2v) is 6.66. The first kappa shape index (κ1) is 17.8. The zero-order chi connectivity index (χ0) is 19.3. The number of carbonyl (C=O) groups excluding carboxylic acids is 1. The third kappa shape index (κ3) is 4.04. The van der Waals surface area contributed by atoms with Crippen LogP contribution in [0.2, 0.25) is 0 Å². The van der Waals surface area contributed by atoms with Gasteiger partial charge in [-0.1, -0.05) is 54.6 Å². The molecule has 4 aromatic carbocycles. The molecule has 0 amide bonds. The lowest BCUT2D eigenvalue weighted by atomic mass is 10.1. The molecule has 0 unspecified atom stereocenters. The van der Waals surface area contributed by atoms with Crippen molar-refractivity contribution in [2.45, 2.75) is 13.5 Å². The monoisotopic (exact) mass is 368 g/mol. The molecule has 28 heavy (non-hydrogen) atoms. The summed E-state index contributed by atoms with van der Waals surface area (Å²) in [4.78, 5) is 12.3. The second kappa shape index (κ2) is 7.97. The molecule has 0 aliphatic carbocycles. The fourth-order valence-electron chi connectivity index (χ4n) is 3.04. The molecule has 0 heterocycles. The molecule has 0 aromatic heterocycles. The van der Waals surface area contributed by atoms with Crippen molar-refractivity contribution in [2.75, 3.05) is 0 Å². The van der Waals surface area contributed by atoms with Crippen LogP contribution in [0.5, 0.6) is 11.5 Å². The van der Waals surface area contributed by atoms with Gasteiger partial charge in [0.15, 0.2) is 0 Å². The summed E-state index contributed by atoms with van der Waals surface area (Å²) in [6.07, 6.45) is 0. The van der Waals surface area contributed by atoms with Gasteiger partial charge < -0.3 is 9.47 Å². The fraction of sp³-hybridized carbons (Fsp3) is 0.0800. The number of esters is 1. The predicted octanol–water partition coefficient (Wildman–Crippen LogP) is 5.95. The molecule has 4 aromatic rings. The van der Waals surface area contributed by atoms with Gasteiger partial charge in [0, 0.05) is 0 Å². The van der Waals surface area contributed by atoms with E-state index in [9.17, 15) is 4.79 Å². The van der Waals surface area contributed by atoms with Crippen LogP contribution in [0.1, 0.15) is 21.5 Å². The van der Waals surface area contributed by atoms with Crippen LogP contribution >= 0.6 is 0 Å². The molecule has 0 bridgehead atoms. The van der Waals surface area contributed by atoms with Crippen molar-refractivity contribution in [3.05, 3.63) is 108 Å². The van der Waals surface area contributed by atoms with Crippen LogP contribution in [0, 0.1) is 6.92 Å². The third-order valence-electron chi connectivity index (χ3n) is 4.57. The Kier molecular flexibility index (Phi) is 5.07. The van der Waals surface area contributed by atoms with Crippen molar-refractivity contribution >= 4 is 16.7 Å². The number of hydrogen-bond acceptors (Lipinski definition) is 3. The standard InChI is InChI=1S/C25H20O3/c1-18-14-22-15-23(27-17-19-8-4-2-5-9-19)13-12-21(22)16-24(18)28-25(26)20-10-6-3-7-11-20/h2-16H,17H2,1H3. The van der Waals surface area contributed by atoms with E-state index in [0.29, 0.717) is 17.9 Å². The predicted molar refractivity (Wildman–Crippen MR) is 111 cm³/mol. The zero-order valence-electron chi connectivity index (χ0n) is 15.6. The highest BCUT2D eigenvalue weighted by Gasteiger charge is 2.11. The minimum atomic E-state index is -0.356. The van der Waals surface area contributed by atoms with Crippen LogP contribution in [-0.4, -0.2) is 5.97 Å². The molecule has 4 rings (SSSR count). The maximum atomic E-state index is 12.3. The average Bonchev–Trinajstić information content (AvgIpc) is 2.74. The van der Waals surface area contributed by atoms with Crippen LogP contribution in [0.3, 0.4) is 0 Å². The lowest BCUT2D eigenvalue weighted by molar-refractivity contribution is 0.0734. The Morgan fingerprint density at radius 3 is 2.25 bits per heavy atom. The van der Waals surface area contributed by atoms with Gasteiger partial charge in [-0.05, 0) is 65.2 Å². The summed E-state index contributed by atoms with van der Waals surface area (Å²) >= 11 is 0. The van der Waals surface area contributed by atoms with E-state index in [-0.39, 0.29) is 5.97 Å². The first-order chi connectivity index (χ1) is 13.7. The highest BCUT2D eigenvalue weighted by atomic mass is 16.5. The summed E-state index contributed by atoms with van der Waals surface area (Å²) < 4.78 is 11.5. The summed E-state index contributed by atoms with van der Waals surface area (Å²) in [6.45, 7) is 2.46. The lowest BCUT2D eigenvalue weighted by Gasteiger charge is -2.11. The summed E-state index contributed by atoms with van der Waals surface area (Å²) in [5.74, 6) is 1.02. The van der Waals surface area contributed by atoms with Gasteiger partial charge in [-0.25, -0.2) is 4.79 Å². The molecule has 0 saturated carbocycles. The number of carbonyl (C=O) groups is 1. The summed E-state index contributed by atoms with van der Waals surface area (Å²) in [7, 11) is 0. The Hall–Kier alpha value is -3.59.